The second-order valence-electron chi connectivity index (χ2n) is 15.4. The van der Waals surface area contributed by atoms with Crippen LogP contribution in [-0.4, -0.2) is 23.8 Å². The van der Waals surface area contributed by atoms with Crippen molar-refractivity contribution in [2.75, 3.05) is 6.61 Å². The first-order valence-electron chi connectivity index (χ1n) is 13.9. The Morgan fingerprint density at radius 3 is 2.18 bits per heavy atom. The van der Waals surface area contributed by atoms with Crippen LogP contribution in [0.15, 0.2) is 0 Å². The van der Waals surface area contributed by atoms with Crippen LogP contribution in [0.3, 0.4) is 0 Å². The first kappa shape index (κ1) is 22.7. The number of Topliss-reactive ketones (excluding diaryl/α,β-unsaturated/α-hetero) is 2. The molecule has 0 aromatic rings. The molecule has 0 N–H and O–H groups in total. The zero-order valence-electron chi connectivity index (χ0n) is 22.2. The van der Waals surface area contributed by atoms with Crippen molar-refractivity contribution in [3.8, 4) is 0 Å². The number of rotatable bonds is 0. The predicted molar refractivity (Wildman–Crippen MR) is 130 cm³/mol. The molecule has 8 atom stereocenters. The number of carbonyl (C=O) groups is 2. The third-order valence-electron chi connectivity index (χ3n) is 13.6. The monoisotopic (exact) mass is 454 g/mol. The summed E-state index contributed by atoms with van der Waals surface area (Å²) in [5, 5.41) is 0. The summed E-state index contributed by atoms with van der Waals surface area (Å²) >= 11 is 0. The van der Waals surface area contributed by atoms with Crippen LogP contribution >= 0.6 is 0 Å². The van der Waals surface area contributed by atoms with E-state index in [2.05, 4.69) is 48.5 Å². The summed E-state index contributed by atoms with van der Waals surface area (Å²) in [6, 6.07) is 0. The molecule has 3 heteroatoms. The molecule has 6 aliphatic rings. The highest BCUT2D eigenvalue weighted by Crippen LogP contribution is 2.80. The molecule has 1 spiro atoms. The maximum atomic E-state index is 13.6. The van der Waals surface area contributed by atoms with Crippen LogP contribution in [0.5, 0.6) is 0 Å². The fraction of sp³-hybridized carbons (Fsp3) is 0.933. The van der Waals surface area contributed by atoms with E-state index in [-0.39, 0.29) is 38.1 Å². The number of hydrogen-bond donors (Lipinski definition) is 0. The van der Waals surface area contributed by atoms with E-state index in [0.29, 0.717) is 35.9 Å². The minimum Gasteiger partial charge on any atom is -0.373 e. The molecule has 5 saturated carbocycles. The average Bonchev–Trinajstić information content (AvgIpc) is 2.94. The predicted octanol–water partition coefficient (Wildman–Crippen LogP) is 6.77. The van der Waals surface area contributed by atoms with E-state index in [4.69, 9.17) is 4.74 Å². The summed E-state index contributed by atoms with van der Waals surface area (Å²) in [5.41, 5.74) is 0.0551. The van der Waals surface area contributed by atoms with Crippen molar-refractivity contribution in [1.82, 2.24) is 0 Å². The van der Waals surface area contributed by atoms with Gasteiger partial charge in [-0.05, 0) is 79.4 Å². The lowest BCUT2D eigenvalue weighted by atomic mass is 9.31. The molecule has 2 bridgehead atoms. The van der Waals surface area contributed by atoms with Crippen LogP contribution in [0.25, 0.3) is 0 Å². The molecule has 0 aromatic carbocycles. The zero-order valence-corrected chi connectivity index (χ0v) is 22.2. The lowest BCUT2D eigenvalue weighted by Crippen LogP contribution is -2.72. The normalized spacial score (nSPS) is 56.4. The van der Waals surface area contributed by atoms with Crippen molar-refractivity contribution in [1.29, 1.82) is 0 Å². The molecule has 184 valence electrons. The van der Waals surface area contributed by atoms with Gasteiger partial charge in [-0.25, -0.2) is 0 Å². The van der Waals surface area contributed by atoms with E-state index in [1.165, 1.54) is 12.8 Å². The van der Waals surface area contributed by atoms with Crippen molar-refractivity contribution in [3.05, 3.63) is 0 Å². The lowest BCUT2D eigenvalue weighted by Gasteiger charge is -2.74. The summed E-state index contributed by atoms with van der Waals surface area (Å²) in [7, 11) is 0. The Labute approximate surface area is 201 Å². The Morgan fingerprint density at radius 2 is 1.45 bits per heavy atom. The highest BCUT2D eigenvalue weighted by Gasteiger charge is 2.79. The molecule has 5 aliphatic carbocycles. The Kier molecular flexibility index (Phi) is 4.25. The molecule has 1 aliphatic heterocycles. The summed E-state index contributed by atoms with van der Waals surface area (Å²) in [6.07, 6.45) is 10.5. The maximum absolute atomic E-state index is 13.6. The smallest absolute Gasteiger partial charge is 0.142 e. The van der Waals surface area contributed by atoms with Gasteiger partial charge in [0, 0.05) is 29.6 Å². The zero-order chi connectivity index (χ0) is 23.9. The van der Waals surface area contributed by atoms with Crippen molar-refractivity contribution in [3.63, 3.8) is 0 Å². The van der Waals surface area contributed by atoms with Gasteiger partial charge in [0.05, 0.1) is 17.6 Å². The molecule has 1 heterocycles. The van der Waals surface area contributed by atoms with Crippen molar-refractivity contribution < 1.29 is 14.3 Å². The Bertz CT molecular complexity index is 933. The second kappa shape index (κ2) is 6.16. The summed E-state index contributed by atoms with van der Waals surface area (Å²) < 4.78 is 7.04. The largest absolute Gasteiger partial charge is 0.373 e. The number of ether oxygens (including phenoxy) is 1. The van der Waals surface area contributed by atoms with E-state index < -0.39 is 0 Å². The molecular formula is C30H46O3. The first-order valence-corrected chi connectivity index (χ1v) is 13.9. The Balaban J connectivity index is 1.45. The summed E-state index contributed by atoms with van der Waals surface area (Å²) in [6.45, 7) is 17.5. The molecule has 0 unspecified atom stereocenters. The average molecular weight is 455 g/mol. The van der Waals surface area contributed by atoms with Gasteiger partial charge in [0.15, 0.2) is 0 Å². The highest BCUT2D eigenvalue weighted by molar-refractivity contribution is 5.88. The fourth-order valence-corrected chi connectivity index (χ4v) is 11.7. The number of hydrogen-bond acceptors (Lipinski definition) is 3. The minimum atomic E-state index is -0.210. The standard InChI is InChI=1S/C30H46O3/c1-24(2)16-21-29(23(32)17-24)15-14-28(7)27(6)12-8-19-25(3,4)22(31)10-11-26(19,5)20(27)9-13-30(21,28)33-18-29/h19-21H,8-18H2,1-7H3/t19-,20-,21+,26-,27+,28-,29-,30-/m0/s1. The van der Waals surface area contributed by atoms with Gasteiger partial charge in [-0.1, -0.05) is 48.5 Å². The van der Waals surface area contributed by atoms with Gasteiger partial charge >= 0.3 is 0 Å². The highest BCUT2D eigenvalue weighted by atomic mass is 16.5. The molecule has 3 nitrogen and oxygen atoms in total. The van der Waals surface area contributed by atoms with Crippen LogP contribution in [0, 0.1) is 50.2 Å². The molecule has 0 aromatic heterocycles. The molecule has 33 heavy (non-hydrogen) atoms. The van der Waals surface area contributed by atoms with Gasteiger partial charge in [-0.3, -0.25) is 9.59 Å². The molecule has 1 saturated heterocycles. The van der Waals surface area contributed by atoms with Crippen molar-refractivity contribution in [2.24, 2.45) is 50.2 Å². The van der Waals surface area contributed by atoms with Crippen LogP contribution in [0.1, 0.15) is 113 Å². The van der Waals surface area contributed by atoms with Crippen LogP contribution < -0.4 is 0 Å². The van der Waals surface area contributed by atoms with E-state index in [1.807, 2.05) is 0 Å². The van der Waals surface area contributed by atoms with Crippen molar-refractivity contribution in [2.45, 2.75) is 118 Å². The van der Waals surface area contributed by atoms with E-state index in [1.54, 1.807) is 0 Å². The Morgan fingerprint density at radius 1 is 0.758 bits per heavy atom. The molecule has 6 rings (SSSR count). The van der Waals surface area contributed by atoms with Crippen molar-refractivity contribution >= 4 is 11.6 Å². The Hall–Kier alpha value is -0.700. The molecule has 0 amide bonds. The van der Waals surface area contributed by atoms with E-state index in [9.17, 15) is 9.59 Å². The molecule has 6 fully saturated rings. The fourth-order valence-electron chi connectivity index (χ4n) is 11.7. The summed E-state index contributed by atoms with van der Waals surface area (Å²) in [4.78, 5) is 26.5. The van der Waals surface area contributed by atoms with Gasteiger partial charge in [0.25, 0.3) is 0 Å². The number of fused-ring (bicyclic) bond motifs is 4. The summed E-state index contributed by atoms with van der Waals surface area (Å²) in [5.74, 6) is 2.49. The van der Waals surface area contributed by atoms with Crippen LogP contribution in [0.4, 0.5) is 0 Å². The quantitative estimate of drug-likeness (QED) is 0.406. The first-order chi connectivity index (χ1) is 15.2. The van der Waals surface area contributed by atoms with Gasteiger partial charge in [-0.2, -0.15) is 0 Å². The van der Waals surface area contributed by atoms with Gasteiger partial charge < -0.3 is 4.74 Å². The van der Waals surface area contributed by atoms with Gasteiger partial charge in [-0.15, -0.1) is 0 Å². The topological polar surface area (TPSA) is 43.4 Å². The third kappa shape index (κ3) is 2.33. The molecule has 0 radical (unpaired) electrons. The van der Waals surface area contributed by atoms with Crippen LogP contribution in [-0.2, 0) is 14.3 Å². The SMILES string of the molecule is CC1(C)CC(=O)[C@@]23CC[C@]4(C)[C@@](CC[C@H]5[C@@]6(C)CCC(=O)C(C)(C)[C@@H]6CC[C@]54C)(OC2)[C@@H]3C1. The maximum Gasteiger partial charge on any atom is 0.142 e. The second-order valence-corrected chi connectivity index (χ2v) is 15.4. The van der Waals surface area contributed by atoms with Gasteiger partial charge in [0.1, 0.15) is 11.6 Å². The van der Waals surface area contributed by atoms with E-state index in [0.717, 1.165) is 51.4 Å². The third-order valence-corrected chi connectivity index (χ3v) is 13.6. The van der Waals surface area contributed by atoms with E-state index >= 15 is 0 Å². The number of ketones is 2. The minimum absolute atomic E-state index is 0.0827. The van der Waals surface area contributed by atoms with Crippen LogP contribution in [0.2, 0.25) is 0 Å². The number of carbonyl (C=O) groups excluding carboxylic acids is 2. The van der Waals surface area contributed by atoms with Gasteiger partial charge in [0.2, 0.25) is 0 Å². The lowest BCUT2D eigenvalue weighted by molar-refractivity contribution is -0.278. The molecular weight excluding hydrogens is 408 g/mol.